The van der Waals surface area contributed by atoms with E-state index < -0.39 is 5.91 Å². The number of hydrogen-bond acceptors (Lipinski definition) is 2. The van der Waals surface area contributed by atoms with Gasteiger partial charge in [-0.25, -0.2) is 0 Å². The minimum absolute atomic E-state index is 0.108. The summed E-state index contributed by atoms with van der Waals surface area (Å²) in [6, 6.07) is 14.9. The fourth-order valence-electron chi connectivity index (χ4n) is 1.59. The van der Waals surface area contributed by atoms with Crippen LogP contribution in [0, 0.1) is 6.92 Å². The Morgan fingerprint density at radius 1 is 1.10 bits per heavy atom. The first kappa shape index (κ1) is 14.3. The van der Waals surface area contributed by atoms with E-state index in [9.17, 15) is 4.79 Å². The number of hydrogen-bond donors (Lipinski definition) is 1. The fraction of sp³-hybridized carbons (Fsp3) is 0.0625. The number of rotatable bonds is 4. The smallest absolute Gasteiger partial charge is 0.284 e. The number of nitrogens with two attached hydrogens (primary N) is 1. The number of amides is 1. The molecule has 4 heteroatoms. The Bertz CT molecular complexity index is 631. The third kappa shape index (κ3) is 3.96. The van der Waals surface area contributed by atoms with E-state index >= 15 is 0 Å². The molecule has 2 aromatic carbocycles. The lowest BCUT2D eigenvalue weighted by atomic mass is 10.2. The lowest BCUT2D eigenvalue weighted by molar-refractivity contribution is -0.116. The zero-order valence-electron chi connectivity index (χ0n) is 11.0. The van der Waals surface area contributed by atoms with Gasteiger partial charge in [0.15, 0.2) is 5.76 Å². The summed E-state index contributed by atoms with van der Waals surface area (Å²) in [6.45, 7) is 1.98. The van der Waals surface area contributed by atoms with Crippen LogP contribution in [0.3, 0.4) is 0 Å². The quantitative estimate of drug-likeness (QED) is 0.686. The number of primary amides is 1. The standard InChI is InChI=1S/C16H14BrNO2/c1-11-2-8-14(9-3-11)20-15(16(18)19)10-12-4-6-13(17)7-5-12/h2-10H,1H3,(H2,18,19)/b15-10-. The molecule has 0 bridgehead atoms. The van der Waals surface area contributed by atoms with Gasteiger partial charge in [0, 0.05) is 4.47 Å². The number of benzene rings is 2. The van der Waals surface area contributed by atoms with Gasteiger partial charge in [-0.2, -0.15) is 0 Å². The summed E-state index contributed by atoms with van der Waals surface area (Å²) in [7, 11) is 0. The van der Waals surface area contributed by atoms with Crippen molar-refractivity contribution in [3.05, 3.63) is 69.9 Å². The molecule has 2 aromatic rings. The molecule has 0 saturated heterocycles. The van der Waals surface area contributed by atoms with Crippen molar-refractivity contribution in [3.8, 4) is 5.75 Å². The van der Waals surface area contributed by atoms with Crippen LogP contribution in [0.2, 0.25) is 0 Å². The van der Waals surface area contributed by atoms with Gasteiger partial charge in [0.1, 0.15) is 5.75 Å². The molecule has 0 aliphatic heterocycles. The lowest BCUT2D eigenvalue weighted by Gasteiger charge is -2.07. The van der Waals surface area contributed by atoms with Gasteiger partial charge >= 0.3 is 0 Å². The van der Waals surface area contributed by atoms with E-state index in [1.807, 2.05) is 43.3 Å². The second kappa shape index (κ2) is 6.39. The molecule has 0 radical (unpaired) electrons. The van der Waals surface area contributed by atoms with Crippen molar-refractivity contribution in [1.29, 1.82) is 0 Å². The van der Waals surface area contributed by atoms with Gasteiger partial charge in [-0.05, 0) is 42.8 Å². The fourth-order valence-corrected chi connectivity index (χ4v) is 1.86. The Labute approximate surface area is 126 Å². The lowest BCUT2D eigenvalue weighted by Crippen LogP contribution is -2.18. The van der Waals surface area contributed by atoms with E-state index in [-0.39, 0.29) is 5.76 Å². The molecule has 0 unspecified atom stereocenters. The molecule has 0 heterocycles. The van der Waals surface area contributed by atoms with Gasteiger partial charge in [-0.3, -0.25) is 4.79 Å². The van der Waals surface area contributed by atoms with Gasteiger partial charge in [-0.15, -0.1) is 0 Å². The molecule has 0 spiro atoms. The summed E-state index contributed by atoms with van der Waals surface area (Å²) in [5.74, 6) is 0.0856. The number of aryl methyl sites for hydroxylation is 1. The number of halogens is 1. The third-order valence-electron chi connectivity index (χ3n) is 2.66. The van der Waals surface area contributed by atoms with Crippen LogP contribution in [-0.2, 0) is 4.79 Å². The van der Waals surface area contributed by atoms with Crippen molar-refractivity contribution in [3.63, 3.8) is 0 Å². The van der Waals surface area contributed by atoms with Crippen LogP contribution in [0.4, 0.5) is 0 Å². The third-order valence-corrected chi connectivity index (χ3v) is 3.19. The highest BCUT2D eigenvalue weighted by Crippen LogP contribution is 2.18. The zero-order valence-corrected chi connectivity index (χ0v) is 12.6. The van der Waals surface area contributed by atoms with Crippen molar-refractivity contribution in [1.82, 2.24) is 0 Å². The highest BCUT2D eigenvalue weighted by molar-refractivity contribution is 9.10. The second-order valence-corrected chi connectivity index (χ2v) is 5.26. The van der Waals surface area contributed by atoms with Gasteiger partial charge in [0.25, 0.3) is 5.91 Å². The molecular weight excluding hydrogens is 318 g/mol. The predicted molar refractivity (Wildman–Crippen MR) is 83.1 cm³/mol. The summed E-state index contributed by atoms with van der Waals surface area (Å²) in [5, 5.41) is 0. The van der Waals surface area contributed by atoms with Crippen LogP contribution >= 0.6 is 15.9 Å². The molecule has 1 amide bonds. The first-order valence-electron chi connectivity index (χ1n) is 6.06. The number of carbonyl (C=O) groups excluding carboxylic acids is 1. The molecule has 102 valence electrons. The van der Waals surface area contributed by atoms with Crippen LogP contribution in [-0.4, -0.2) is 5.91 Å². The number of ether oxygens (including phenoxy) is 1. The molecule has 3 nitrogen and oxygen atoms in total. The van der Waals surface area contributed by atoms with E-state index in [0.29, 0.717) is 5.75 Å². The van der Waals surface area contributed by atoms with Crippen molar-refractivity contribution >= 4 is 27.9 Å². The van der Waals surface area contributed by atoms with Crippen molar-refractivity contribution in [2.45, 2.75) is 6.92 Å². The Kier molecular flexibility index (Phi) is 4.58. The average molecular weight is 332 g/mol. The monoisotopic (exact) mass is 331 g/mol. The molecule has 0 aliphatic carbocycles. The molecule has 0 atom stereocenters. The van der Waals surface area contributed by atoms with E-state index in [2.05, 4.69) is 15.9 Å². The van der Waals surface area contributed by atoms with Gasteiger partial charge < -0.3 is 10.5 Å². The Morgan fingerprint density at radius 2 is 1.70 bits per heavy atom. The highest BCUT2D eigenvalue weighted by atomic mass is 79.9. The topological polar surface area (TPSA) is 52.3 Å². The van der Waals surface area contributed by atoms with E-state index in [1.165, 1.54) is 0 Å². The molecular formula is C16H14BrNO2. The molecule has 0 fully saturated rings. The maximum atomic E-state index is 11.5. The summed E-state index contributed by atoms with van der Waals surface area (Å²) in [4.78, 5) is 11.5. The molecule has 20 heavy (non-hydrogen) atoms. The van der Waals surface area contributed by atoms with Gasteiger partial charge in [0.05, 0.1) is 0 Å². The maximum absolute atomic E-state index is 11.5. The van der Waals surface area contributed by atoms with Crippen LogP contribution in [0.25, 0.3) is 6.08 Å². The minimum atomic E-state index is -0.603. The molecule has 0 aromatic heterocycles. The number of carbonyl (C=O) groups is 1. The normalized spacial score (nSPS) is 11.2. The summed E-state index contributed by atoms with van der Waals surface area (Å²) in [6.07, 6.45) is 1.62. The largest absolute Gasteiger partial charge is 0.452 e. The van der Waals surface area contributed by atoms with Crippen LogP contribution in [0.1, 0.15) is 11.1 Å². The first-order valence-corrected chi connectivity index (χ1v) is 6.85. The summed E-state index contributed by atoms with van der Waals surface area (Å²) in [5.41, 5.74) is 7.31. The SMILES string of the molecule is Cc1ccc(O/C(=C\c2ccc(Br)cc2)C(N)=O)cc1. The minimum Gasteiger partial charge on any atom is -0.452 e. The van der Waals surface area contributed by atoms with Crippen LogP contribution < -0.4 is 10.5 Å². The Hall–Kier alpha value is -2.07. The highest BCUT2D eigenvalue weighted by Gasteiger charge is 2.08. The summed E-state index contributed by atoms with van der Waals surface area (Å²) >= 11 is 3.36. The predicted octanol–water partition coefficient (Wildman–Crippen LogP) is 3.66. The van der Waals surface area contributed by atoms with Gasteiger partial charge in [-0.1, -0.05) is 45.8 Å². The summed E-state index contributed by atoms with van der Waals surface area (Å²) < 4.78 is 6.51. The van der Waals surface area contributed by atoms with Crippen LogP contribution in [0.15, 0.2) is 58.8 Å². The first-order chi connectivity index (χ1) is 9.54. The van der Waals surface area contributed by atoms with Crippen molar-refractivity contribution in [2.24, 2.45) is 5.73 Å². The van der Waals surface area contributed by atoms with E-state index in [4.69, 9.17) is 10.5 Å². The van der Waals surface area contributed by atoms with Gasteiger partial charge in [0.2, 0.25) is 0 Å². The maximum Gasteiger partial charge on any atom is 0.284 e. The van der Waals surface area contributed by atoms with Crippen molar-refractivity contribution in [2.75, 3.05) is 0 Å². The average Bonchev–Trinajstić information content (AvgIpc) is 2.42. The Morgan fingerprint density at radius 3 is 2.25 bits per heavy atom. The van der Waals surface area contributed by atoms with E-state index in [0.717, 1.165) is 15.6 Å². The zero-order chi connectivity index (χ0) is 14.5. The Balaban J connectivity index is 2.25. The molecule has 2 N–H and O–H groups in total. The molecule has 0 aliphatic rings. The second-order valence-electron chi connectivity index (χ2n) is 4.34. The molecule has 2 rings (SSSR count). The van der Waals surface area contributed by atoms with Crippen molar-refractivity contribution < 1.29 is 9.53 Å². The van der Waals surface area contributed by atoms with E-state index in [1.54, 1.807) is 18.2 Å². The molecule has 0 saturated carbocycles. The van der Waals surface area contributed by atoms with Crippen LogP contribution in [0.5, 0.6) is 5.75 Å².